The van der Waals surface area contributed by atoms with Gasteiger partial charge in [0, 0.05) is 17.2 Å². The Kier molecular flexibility index (Phi) is 5.64. The molecule has 0 amide bonds. The summed E-state index contributed by atoms with van der Waals surface area (Å²) in [4.78, 5) is 11.9. The summed E-state index contributed by atoms with van der Waals surface area (Å²) in [6, 6.07) is 11.7. The average molecular weight is 348 g/mol. The molecule has 0 N–H and O–H groups in total. The molecule has 4 nitrogen and oxygen atoms in total. The molecule has 0 unspecified atom stereocenters. The summed E-state index contributed by atoms with van der Waals surface area (Å²) < 4.78 is 10.3. The molecule has 0 saturated carbocycles. The van der Waals surface area contributed by atoms with Crippen molar-refractivity contribution in [3.8, 4) is 17.6 Å². The predicted molar refractivity (Wildman–Crippen MR) is 88.8 cm³/mol. The van der Waals surface area contributed by atoms with Gasteiger partial charge in [-0.2, -0.15) is 5.26 Å². The maximum atomic E-state index is 11.9. The van der Waals surface area contributed by atoms with Crippen molar-refractivity contribution in [2.45, 2.75) is 0 Å². The molecule has 0 aromatic heterocycles. The third kappa shape index (κ3) is 4.49. The molecule has 0 atom stereocenters. The first-order valence-corrected chi connectivity index (χ1v) is 7.22. The molecule has 0 bridgehead atoms. The van der Waals surface area contributed by atoms with Crippen LogP contribution in [0.2, 0.25) is 10.0 Å². The van der Waals surface area contributed by atoms with Gasteiger partial charge in [-0.3, -0.25) is 0 Å². The maximum absolute atomic E-state index is 11.9. The number of hydrogen-bond acceptors (Lipinski definition) is 4. The van der Waals surface area contributed by atoms with Crippen molar-refractivity contribution in [2.75, 3.05) is 7.11 Å². The Morgan fingerprint density at radius 1 is 1.22 bits per heavy atom. The largest absolute Gasteiger partial charge is 0.493 e. The van der Waals surface area contributed by atoms with Crippen molar-refractivity contribution in [1.82, 2.24) is 0 Å². The summed E-state index contributed by atoms with van der Waals surface area (Å²) in [6.45, 7) is 0. The third-order valence-electron chi connectivity index (χ3n) is 2.84. The molecule has 2 rings (SSSR count). The van der Waals surface area contributed by atoms with Gasteiger partial charge in [0.05, 0.1) is 23.8 Å². The van der Waals surface area contributed by atoms with E-state index >= 15 is 0 Å². The lowest BCUT2D eigenvalue weighted by molar-refractivity contribution is -0.129. The number of benzene rings is 2. The smallest absolute Gasteiger partial charge is 0.336 e. The van der Waals surface area contributed by atoms with Gasteiger partial charge in [-0.1, -0.05) is 35.3 Å². The molecule has 116 valence electrons. The molecule has 0 aliphatic heterocycles. The summed E-state index contributed by atoms with van der Waals surface area (Å²) in [5.74, 6) is -0.342. The SMILES string of the molecule is COc1cc(C#N)cc(Cl)c1OC(=O)/C=C/c1ccc(Cl)cc1. The molecule has 2 aromatic rings. The van der Waals surface area contributed by atoms with Gasteiger partial charge in [-0.25, -0.2) is 4.79 Å². The van der Waals surface area contributed by atoms with Gasteiger partial charge in [-0.15, -0.1) is 0 Å². The minimum absolute atomic E-state index is 0.0684. The Morgan fingerprint density at radius 2 is 1.91 bits per heavy atom. The van der Waals surface area contributed by atoms with Crippen molar-refractivity contribution in [3.63, 3.8) is 0 Å². The number of halogens is 2. The minimum Gasteiger partial charge on any atom is -0.493 e. The van der Waals surface area contributed by atoms with E-state index in [2.05, 4.69) is 0 Å². The summed E-state index contributed by atoms with van der Waals surface area (Å²) in [5, 5.41) is 9.62. The number of nitriles is 1. The van der Waals surface area contributed by atoms with Crippen LogP contribution in [0.15, 0.2) is 42.5 Å². The van der Waals surface area contributed by atoms with Crippen LogP contribution < -0.4 is 9.47 Å². The summed E-state index contributed by atoms with van der Waals surface area (Å²) >= 11 is 11.8. The summed E-state index contributed by atoms with van der Waals surface area (Å²) in [7, 11) is 1.40. The van der Waals surface area contributed by atoms with Crippen LogP contribution >= 0.6 is 23.2 Å². The Hall–Kier alpha value is -2.48. The van der Waals surface area contributed by atoms with E-state index in [1.165, 1.54) is 25.3 Å². The standard InChI is InChI=1S/C17H11Cl2NO3/c1-22-15-9-12(10-20)8-14(19)17(15)23-16(21)7-4-11-2-5-13(18)6-3-11/h2-9H,1H3/b7-4+. The lowest BCUT2D eigenvalue weighted by Crippen LogP contribution is -2.05. The van der Waals surface area contributed by atoms with Crippen LogP contribution in [0.1, 0.15) is 11.1 Å². The first kappa shape index (κ1) is 16.9. The van der Waals surface area contributed by atoms with E-state index in [1.807, 2.05) is 6.07 Å². The van der Waals surface area contributed by atoms with Crippen molar-refractivity contribution in [2.24, 2.45) is 0 Å². The van der Waals surface area contributed by atoms with Gasteiger partial charge in [0.2, 0.25) is 0 Å². The fourth-order valence-electron chi connectivity index (χ4n) is 1.76. The van der Waals surface area contributed by atoms with Crippen molar-refractivity contribution in [1.29, 1.82) is 5.26 Å². The monoisotopic (exact) mass is 347 g/mol. The first-order chi connectivity index (χ1) is 11.0. The highest BCUT2D eigenvalue weighted by Crippen LogP contribution is 2.36. The van der Waals surface area contributed by atoms with Crippen LogP contribution in [0.3, 0.4) is 0 Å². The summed E-state index contributed by atoms with van der Waals surface area (Å²) in [5.41, 5.74) is 1.10. The van der Waals surface area contributed by atoms with Gasteiger partial charge in [0.1, 0.15) is 0 Å². The van der Waals surface area contributed by atoms with E-state index in [0.717, 1.165) is 5.56 Å². The zero-order chi connectivity index (χ0) is 16.8. The molecular formula is C17H11Cl2NO3. The van der Waals surface area contributed by atoms with Gasteiger partial charge in [-0.05, 0) is 29.8 Å². The zero-order valence-corrected chi connectivity index (χ0v) is 13.6. The lowest BCUT2D eigenvalue weighted by Gasteiger charge is -2.10. The van der Waals surface area contributed by atoms with E-state index < -0.39 is 5.97 Å². The Labute approximate surface area is 143 Å². The number of methoxy groups -OCH3 is 1. The second-order valence-electron chi connectivity index (χ2n) is 4.41. The van der Waals surface area contributed by atoms with Crippen LogP contribution in [0.25, 0.3) is 6.08 Å². The van der Waals surface area contributed by atoms with Crippen molar-refractivity contribution in [3.05, 3.63) is 63.6 Å². The number of hydrogen-bond donors (Lipinski definition) is 0. The topological polar surface area (TPSA) is 59.3 Å². The summed E-state index contributed by atoms with van der Waals surface area (Å²) in [6.07, 6.45) is 2.85. The maximum Gasteiger partial charge on any atom is 0.336 e. The number of carbonyl (C=O) groups excluding carboxylic acids is 1. The molecule has 2 aromatic carbocycles. The third-order valence-corrected chi connectivity index (χ3v) is 3.38. The van der Waals surface area contributed by atoms with Gasteiger partial charge in [0.15, 0.2) is 11.5 Å². The van der Waals surface area contributed by atoms with E-state index in [1.54, 1.807) is 30.3 Å². The van der Waals surface area contributed by atoms with Crippen LogP contribution in [0.5, 0.6) is 11.5 Å². The lowest BCUT2D eigenvalue weighted by atomic mass is 10.2. The van der Waals surface area contributed by atoms with Crippen LogP contribution in [-0.2, 0) is 4.79 Å². The molecule has 23 heavy (non-hydrogen) atoms. The van der Waals surface area contributed by atoms with Crippen LogP contribution in [-0.4, -0.2) is 13.1 Å². The molecule has 6 heteroatoms. The van der Waals surface area contributed by atoms with Gasteiger partial charge < -0.3 is 9.47 Å². The Bertz CT molecular complexity index is 793. The highest BCUT2D eigenvalue weighted by Gasteiger charge is 2.14. The molecule has 0 spiro atoms. The highest BCUT2D eigenvalue weighted by atomic mass is 35.5. The van der Waals surface area contributed by atoms with Crippen molar-refractivity contribution < 1.29 is 14.3 Å². The highest BCUT2D eigenvalue weighted by molar-refractivity contribution is 6.32. The first-order valence-electron chi connectivity index (χ1n) is 6.46. The number of rotatable bonds is 4. The molecule has 0 heterocycles. The Balaban J connectivity index is 2.17. The van der Waals surface area contributed by atoms with Gasteiger partial charge in [0.25, 0.3) is 0 Å². The Morgan fingerprint density at radius 3 is 2.52 bits per heavy atom. The van der Waals surface area contributed by atoms with E-state index in [4.69, 9.17) is 37.9 Å². The second-order valence-corrected chi connectivity index (χ2v) is 5.25. The van der Waals surface area contributed by atoms with Crippen LogP contribution in [0, 0.1) is 11.3 Å². The number of esters is 1. The average Bonchev–Trinajstić information content (AvgIpc) is 2.55. The molecule has 0 aliphatic rings. The molecule has 0 radical (unpaired) electrons. The normalized spacial score (nSPS) is 10.3. The number of nitrogens with zero attached hydrogens (tertiary/aromatic N) is 1. The zero-order valence-electron chi connectivity index (χ0n) is 12.0. The van der Waals surface area contributed by atoms with E-state index in [-0.39, 0.29) is 16.5 Å². The fraction of sp³-hybridized carbons (Fsp3) is 0.0588. The minimum atomic E-state index is -0.621. The van der Waals surface area contributed by atoms with E-state index in [0.29, 0.717) is 10.6 Å². The molecule has 0 aliphatic carbocycles. The number of ether oxygens (including phenoxy) is 2. The molecule has 0 saturated heterocycles. The predicted octanol–water partition coefficient (Wildman–Crippen LogP) is 4.49. The van der Waals surface area contributed by atoms with E-state index in [9.17, 15) is 4.79 Å². The molecule has 0 fully saturated rings. The second kappa shape index (κ2) is 7.68. The van der Waals surface area contributed by atoms with Gasteiger partial charge >= 0.3 is 5.97 Å². The fourth-order valence-corrected chi connectivity index (χ4v) is 2.13. The molecular weight excluding hydrogens is 337 g/mol. The van der Waals surface area contributed by atoms with Crippen LogP contribution in [0.4, 0.5) is 0 Å². The number of carbonyl (C=O) groups is 1. The quantitative estimate of drug-likeness (QED) is 0.464. The van der Waals surface area contributed by atoms with Crippen molar-refractivity contribution >= 4 is 35.2 Å².